The first-order chi connectivity index (χ1) is 38.7. The number of unbranched alkanes of at least 4 members (excludes halogenated alkanes) is 7. The van der Waals surface area contributed by atoms with Gasteiger partial charge in [-0.25, -0.2) is 18.2 Å². The van der Waals surface area contributed by atoms with Crippen LogP contribution in [0, 0.1) is 12.3 Å². The highest BCUT2D eigenvalue weighted by molar-refractivity contribution is 7.90. The Morgan fingerprint density at radius 3 is 2.10 bits per heavy atom. The number of thiazole rings is 1. The molecule has 2 amide bonds. The van der Waals surface area contributed by atoms with Gasteiger partial charge in [0.2, 0.25) is 11.8 Å². The monoisotopic (exact) mass is 1150 g/mol. The van der Waals surface area contributed by atoms with Crippen molar-refractivity contribution in [3.8, 4) is 33.4 Å². The smallest absolute Gasteiger partial charge is 0.328 e. The molecule has 0 saturated carbocycles. The van der Waals surface area contributed by atoms with Crippen molar-refractivity contribution in [2.24, 2.45) is 19.5 Å². The Hall–Kier alpha value is -6.63. The van der Waals surface area contributed by atoms with E-state index in [1.807, 2.05) is 64.4 Å². The summed E-state index contributed by atoms with van der Waals surface area (Å²) >= 11 is 1.58. The number of aliphatic hydroxyl groups excluding tert-OH is 1. The second-order valence-corrected chi connectivity index (χ2v) is 25.4. The lowest BCUT2D eigenvalue weighted by Gasteiger charge is -2.35. The van der Waals surface area contributed by atoms with E-state index in [-0.39, 0.29) is 71.9 Å². The van der Waals surface area contributed by atoms with Crippen LogP contribution in [0.25, 0.3) is 21.5 Å². The highest BCUT2D eigenvalue weighted by Crippen LogP contribution is 2.37. The normalized spacial score (nSPS) is 15.0. The first-order valence-corrected chi connectivity index (χ1v) is 31.1. The van der Waals surface area contributed by atoms with Crippen molar-refractivity contribution in [2.45, 2.75) is 167 Å². The number of nitrogens with one attached hydrogen (secondary N) is 1. The van der Waals surface area contributed by atoms with Gasteiger partial charge in [0.25, 0.3) is 0 Å². The van der Waals surface area contributed by atoms with Gasteiger partial charge in [0.1, 0.15) is 29.0 Å². The molecule has 18 heteroatoms. The minimum atomic E-state index is -4.05. The number of fused-ring (bicyclic) bond motifs is 1. The zero-order valence-corrected chi connectivity index (χ0v) is 50.0. The number of carbonyl (C=O) groups excluding carboxylic acids is 4. The number of sulfone groups is 1. The summed E-state index contributed by atoms with van der Waals surface area (Å²) in [6.07, 6.45) is 8.66. The zero-order chi connectivity index (χ0) is 58.4. The maximum Gasteiger partial charge on any atom is 0.328 e. The van der Waals surface area contributed by atoms with Crippen LogP contribution in [0.1, 0.15) is 152 Å². The highest BCUT2D eigenvalue weighted by Gasteiger charge is 2.44. The van der Waals surface area contributed by atoms with Crippen molar-refractivity contribution < 1.29 is 46.9 Å². The van der Waals surface area contributed by atoms with Crippen LogP contribution in [0.5, 0.6) is 23.0 Å². The number of imidazole rings is 1. The van der Waals surface area contributed by atoms with Crippen molar-refractivity contribution in [1.82, 2.24) is 24.3 Å². The van der Waals surface area contributed by atoms with Crippen molar-refractivity contribution in [1.29, 1.82) is 0 Å². The molecule has 1 saturated heterocycles. The van der Waals surface area contributed by atoms with Gasteiger partial charge in [-0.2, -0.15) is 0 Å². The topological polar surface area (TPSA) is 205 Å². The molecule has 0 unspecified atom stereocenters. The quantitative estimate of drug-likeness (QED) is 0.0319. The first kappa shape index (κ1) is 62.0. The SMILES string of the molecule is CCCCCOc1cc(OCCC)cc(Oc2cc3c(cc2CS(=O)(=O)c2cccc(C(=O)CCCCCCCCC(=O)N[C@H](C(=O)N4C[C@H](O)C[C@H]4C(=O)CCc4ccc(-c5scnc5C)cc4)C(C)(C)C)c2)n(C)c(=O)n3C)c1. The van der Waals surface area contributed by atoms with Gasteiger partial charge in [-0.3, -0.25) is 28.3 Å². The van der Waals surface area contributed by atoms with Crippen LogP contribution in [-0.2, 0) is 50.5 Å². The van der Waals surface area contributed by atoms with E-state index in [0.29, 0.717) is 71.9 Å². The van der Waals surface area contributed by atoms with Gasteiger partial charge in [0.15, 0.2) is 21.4 Å². The lowest BCUT2D eigenvalue weighted by molar-refractivity contribution is -0.143. The van der Waals surface area contributed by atoms with Crippen molar-refractivity contribution >= 4 is 55.6 Å². The summed E-state index contributed by atoms with van der Waals surface area (Å²) < 4.78 is 50.0. The van der Waals surface area contributed by atoms with Crippen LogP contribution in [-0.4, -0.2) is 93.9 Å². The molecule has 1 fully saturated rings. The molecule has 1 aliphatic heterocycles. The average molecular weight is 1150 g/mol. The molecular weight excluding hydrogens is 1070 g/mol. The number of benzene rings is 4. The third-order valence-electron chi connectivity index (χ3n) is 14.9. The number of likely N-dealkylation sites (tertiary alicyclic amines) is 1. The first-order valence-electron chi connectivity index (χ1n) is 28.6. The third kappa shape index (κ3) is 16.5. The van der Waals surface area contributed by atoms with Crippen LogP contribution in [0.4, 0.5) is 0 Å². The van der Waals surface area contributed by atoms with Gasteiger partial charge < -0.3 is 29.5 Å². The van der Waals surface area contributed by atoms with Crippen LogP contribution < -0.4 is 25.2 Å². The average Bonchev–Trinajstić information content (AvgIpc) is 4.12. The molecule has 81 heavy (non-hydrogen) atoms. The van der Waals surface area contributed by atoms with E-state index in [1.165, 1.54) is 26.2 Å². The van der Waals surface area contributed by atoms with Gasteiger partial charge in [0.05, 0.1) is 63.1 Å². The molecular formula is C63H81N5O11S2. The van der Waals surface area contributed by atoms with E-state index in [2.05, 4.69) is 17.2 Å². The number of amides is 2. The largest absolute Gasteiger partial charge is 0.493 e. The Labute approximate surface area is 481 Å². The Morgan fingerprint density at radius 1 is 0.790 bits per heavy atom. The molecule has 3 atom stereocenters. The summed E-state index contributed by atoms with van der Waals surface area (Å²) in [5, 5.41) is 13.6. The Bertz CT molecular complexity index is 3320. The van der Waals surface area contributed by atoms with Crippen LogP contribution in [0.3, 0.4) is 0 Å². The summed E-state index contributed by atoms with van der Waals surface area (Å²) in [6, 6.07) is 21.1. The summed E-state index contributed by atoms with van der Waals surface area (Å²) in [5.41, 5.74) is 5.64. The number of ether oxygens (including phenoxy) is 3. The van der Waals surface area contributed by atoms with Crippen molar-refractivity contribution in [3.63, 3.8) is 0 Å². The molecule has 2 N–H and O–H groups in total. The number of aromatic nitrogens is 3. The fourth-order valence-corrected chi connectivity index (χ4v) is 12.5. The number of rotatable bonds is 30. The maximum atomic E-state index is 14.3. The van der Waals surface area contributed by atoms with E-state index in [4.69, 9.17) is 14.2 Å². The third-order valence-corrected chi connectivity index (χ3v) is 17.6. The molecule has 16 nitrogen and oxygen atoms in total. The van der Waals surface area contributed by atoms with Gasteiger partial charge in [-0.1, -0.05) is 110 Å². The van der Waals surface area contributed by atoms with Gasteiger partial charge in [-0.15, -0.1) is 11.3 Å². The predicted octanol–water partition coefficient (Wildman–Crippen LogP) is 11.4. The number of nitrogens with zero attached hydrogens (tertiary/aromatic N) is 4. The molecule has 0 spiro atoms. The second-order valence-electron chi connectivity index (χ2n) is 22.5. The predicted molar refractivity (Wildman–Crippen MR) is 317 cm³/mol. The zero-order valence-electron chi connectivity index (χ0n) is 48.4. The molecule has 0 aliphatic carbocycles. The fourth-order valence-electron chi connectivity index (χ4n) is 10.3. The number of ketones is 2. The van der Waals surface area contributed by atoms with Crippen molar-refractivity contribution in [3.05, 3.63) is 117 Å². The van der Waals surface area contributed by atoms with E-state index in [1.54, 1.807) is 67.9 Å². The number of β-amino-alcohol motifs (C(OH)–C–C–N with tert-alkyl or cyclic N) is 1. The van der Waals surface area contributed by atoms with Gasteiger partial charge in [0, 0.05) is 81.7 Å². The van der Waals surface area contributed by atoms with Crippen LogP contribution >= 0.6 is 11.3 Å². The van der Waals surface area contributed by atoms with E-state index >= 15 is 0 Å². The fraction of sp³-hybridized carbons (Fsp3) is 0.492. The minimum absolute atomic E-state index is 0.0115. The molecule has 436 valence electrons. The van der Waals surface area contributed by atoms with Crippen molar-refractivity contribution in [2.75, 3.05) is 19.8 Å². The lowest BCUT2D eigenvalue weighted by Crippen LogP contribution is -2.56. The van der Waals surface area contributed by atoms with E-state index < -0.39 is 39.2 Å². The Balaban J connectivity index is 0.883. The highest BCUT2D eigenvalue weighted by atomic mass is 32.2. The van der Waals surface area contributed by atoms with Gasteiger partial charge in [-0.05, 0) is 73.8 Å². The summed E-state index contributed by atoms with van der Waals surface area (Å²) in [5.74, 6) is 0.326. The molecule has 7 rings (SSSR count). The standard InChI is InChI=1S/C63H81N5O11S2/c1-9-11-18-31-78-49-35-48(77-30-10-2)36-50(37-49)79-57-38-53-52(66(7)62(74)67(53)8)33-46(57)40-81(75,76)51-21-19-20-45(32-51)55(70)22-16-14-12-13-15-17-23-58(72)65-60(63(4,5)6)61(73)68-39-47(69)34-54(68)56(71)29-26-43-24-27-44(28-25-43)59-42(3)64-41-80-59/h19-21,24-25,27-28,32-33,35-38,41,47,54,60,69H,9-18,22-23,26,29-31,34,39-40H2,1-8H3,(H,65,72)/t47-,54+,60-/m1/s1. The summed E-state index contributed by atoms with van der Waals surface area (Å²) in [7, 11) is -0.775. The number of hydrogen-bond donors (Lipinski definition) is 2. The number of aliphatic hydroxyl groups is 1. The molecule has 0 bridgehead atoms. The molecule has 4 aromatic carbocycles. The molecule has 1 aliphatic rings. The lowest BCUT2D eigenvalue weighted by atomic mass is 9.85. The maximum absolute atomic E-state index is 14.3. The summed E-state index contributed by atoms with van der Waals surface area (Å²) in [4.78, 5) is 74.6. The molecule has 3 heterocycles. The van der Waals surface area contributed by atoms with Crippen LogP contribution in [0.15, 0.2) is 94.1 Å². The van der Waals surface area contributed by atoms with Crippen LogP contribution in [0.2, 0.25) is 0 Å². The number of aryl methyl sites for hydroxylation is 4. The minimum Gasteiger partial charge on any atom is -0.493 e. The van der Waals surface area contributed by atoms with E-state index in [0.717, 1.165) is 73.1 Å². The molecule has 0 radical (unpaired) electrons. The Morgan fingerprint density at radius 2 is 1.44 bits per heavy atom. The summed E-state index contributed by atoms with van der Waals surface area (Å²) in [6.45, 7) is 12.7. The number of hydrogen-bond acceptors (Lipinski definition) is 13. The van der Waals surface area contributed by atoms with E-state index in [9.17, 15) is 37.5 Å². The number of carbonyl (C=O) groups is 4. The second kappa shape index (κ2) is 28.4. The van der Waals surface area contributed by atoms with Gasteiger partial charge >= 0.3 is 5.69 Å². The Kier molecular flexibility index (Phi) is 21.7. The molecule has 6 aromatic rings. The number of Topliss-reactive ketones (excluding diaryl/α,β-unsaturated/α-hetero) is 2. The molecule has 2 aromatic heterocycles.